The van der Waals surface area contributed by atoms with Crippen molar-refractivity contribution in [3.05, 3.63) is 0 Å². The van der Waals surface area contributed by atoms with Crippen LogP contribution in [0.5, 0.6) is 0 Å². The van der Waals surface area contributed by atoms with Crippen LogP contribution in [0.2, 0.25) is 0 Å². The van der Waals surface area contributed by atoms with Gasteiger partial charge in [0.1, 0.15) is 0 Å². The number of ether oxygens (including phenoxy) is 1. The van der Waals surface area contributed by atoms with Gasteiger partial charge >= 0.3 is 6.09 Å². The van der Waals surface area contributed by atoms with Crippen LogP contribution < -0.4 is 5.73 Å². The predicted octanol–water partition coefficient (Wildman–Crippen LogP) is 0.543. The van der Waals surface area contributed by atoms with E-state index in [4.69, 9.17) is 11.1 Å². The Morgan fingerprint density at radius 3 is 2.69 bits per heavy atom. The highest BCUT2D eigenvalue weighted by Crippen LogP contribution is 2.27. The molecule has 74 valence electrons. The largest absolute Gasteiger partial charge is 0.453 e. The van der Waals surface area contributed by atoms with E-state index in [0.29, 0.717) is 19.0 Å². The first-order valence-corrected chi connectivity index (χ1v) is 4.32. The molecule has 3 N–H and O–H groups in total. The summed E-state index contributed by atoms with van der Waals surface area (Å²) in [6.07, 6.45) is 2.18. The lowest BCUT2D eigenvalue weighted by atomic mass is 10.3. The predicted molar refractivity (Wildman–Crippen MR) is 48.7 cm³/mol. The minimum absolute atomic E-state index is 0.106. The van der Waals surface area contributed by atoms with Gasteiger partial charge in [-0.25, -0.2) is 4.79 Å². The summed E-state index contributed by atoms with van der Waals surface area (Å²) in [5, 5.41) is 7.05. The van der Waals surface area contributed by atoms with Crippen LogP contribution in [-0.2, 0) is 4.74 Å². The van der Waals surface area contributed by atoms with Crippen LogP contribution in [-0.4, -0.2) is 36.5 Å². The van der Waals surface area contributed by atoms with Crippen LogP contribution in [0.15, 0.2) is 0 Å². The molecule has 0 heterocycles. The van der Waals surface area contributed by atoms with E-state index in [-0.39, 0.29) is 11.9 Å². The maximum atomic E-state index is 11.2. The zero-order valence-corrected chi connectivity index (χ0v) is 7.75. The molecule has 0 aromatic rings. The normalized spacial score (nSPS) is 15.2. The highest BCUT2D eigenvalue weighted by molar-refractivity contribution is 5.77. The SMILES string of the molecule is COC(=O)N(CCC(=N)N)C1CC1. The van der Waals surface area contributed by atoms with E-state index in [2.05, 4.69) is 4.74 Å². The van der Waals surface area contributed by atoms with Crippen molar-refractivity contribution in [3.8, 4) is 0 Å². The fourth-order valence-electron chi connectivity index (χ4n) is 1.17. The van der Waals surface area contributed by atoms with Gasteiger partial charge in [-0.05, 0) is 12.8 Å². The second kappa shape index (κ2) is 4.11. The summed E-state index contributed by atoms with van der Waals surface area (Å²) < 4.78 is 4.62. The Balaban J connectivity index is 2.38. The Morgan fingerprint density at radius 1 is 1.69 bits per heavy atom. The number of rotatable bonds is 4. The first kappa shape index (κ1) is 9.83. The highest BCUT2D eigenvalue weighted by Gasteiger charge is 2.32. The molecule has 0 radical (unpaired) electrons. The van der Waals surface area contributed by atoms with Crippen LogP contribution in [0, 0.1) is 5.41 Å². The van der Waals surface area contributed by atoms with E-state index >= 15 is 0 Å². The van der Waals surface area contributed by atoms with Gasteiger partial charge in [0.05, 0.1) is 12.9 Å². The first-order valence-electron chi connectivity index (χ1n) is 4.32. The third kappa shape index (κ3) is 2.93. The lowest BCUT2D eigenvalue weighted by molar-refractivity contribution is 0.122. The Kier molecular flexibility index (Phi) is 3.11. The molecule has 1 amide bonds. The third-order valence-electron chi connectivity index (χ3n) is 2.02. The number of amides is 1. The van der Waals surface area contributed by atoms with E-state index in [1.54, 1.807) is 4.90 Å². The number of methoxy groups -OCH3 is 1. The zero-order chi connectivity index (χ0) is 9.84. The van der Waals surface area contributed by atoms with Crippen molar-refractivity contribution in [3.63, 3.8) is 0 Å². The van der Waals surface area contributed by atoms with Crippen molar-refractivity contribution in [2.24, 2.45) is 5.73 Å². The van der Waals surface area contributed by atoms with Gasteiger partial charge in [0.15, 0.2) is 0 Å². The maximum Gasteiger partial charge on any atom is 0.409 e. The number of carbonyl (C=O) groups excluding carboxylic acids is 1. The Hall–Kier alpha value is -1.26. The van der Waals surface area contributed by atoms with Crippen LogP contribution in [0.3, 0.4) is 0 Å². The van der Waals surface area contributed by atoms with Crippen LogP contribution in [0.4, 0.5) is 4.79 Å². The van der Waals surface area contributed by atoms with Crippen molar-refractivity contribution in [1.29, 1.82) is 5.41 Å². The summed E-state index contributed by atoms with van der Waals surface area (Å²) in [6.45, 7) is 0.493. The molecule has 1 rings (SSSR count). The number of nitrogens with one attached hydrogen (secondary N) is 1. The van der Waals surface area contributed by atoms with Crippen molar-refractivity contribution < 1.29 is 9.53 Å². The summed E-state index contributed by atoms with van der Waals surface area (Å²) in [5.41, 5.74) is 5.21. The van der Waals surface area contributed by atoms with Crippen molar-refractivity contribution in [2.75, 3.05) is 13.7 Å². The monoisotopic (exact) mass is 185 g/mol. The van der Waals surface area contributed by atoms with E-state index in [0.717, 1.165) is 12.8 Å². The highest BCUT2D eigenvalue weighted by atomic mass is 16.5. The molecule has 1 aliphatic rings. The lowest BCUT2D eigenvalue weighted by Crippen LogP contribution is -2.35. The van der Waals surface area contributed by atoms with Gasteiger partial charge < -0.3 is 15.4 Å². The van der Waals surface area contributed by atoms with Crippen LogP contribution in [0.25, 0.3) is 0 Å². The molecule has 0 atom stereocenters. The first-order chi connectivity index (χ1) is 6.15. The molecule has 5 heteroatoms. The van der Waals surface area contributed by atoms with Crippen LogP contribution in [0.1, 0.15) is 19.3 Å². The van der Waals surface area contributed by atoms with E-state index in [1.807, 2.05) is 0 Å². The molecule has 0 bridgehead atoms. The molecule has 0 aliphatic heterocycles. The Labute approximate surface area is 77.3 Å². The van der Waals surface area contributed by atoms with Gasteiger partial charge in [-0.15, -0.1) is 0 Å². The summed E-state index contributed by atoms with van der Waals surface area (Å²) in [5.74, 6) is 0.106. The molecule has 0 spiro atoms. The quantitative estimate of drug-likeness (QED) is 0.495. The molecular weight excluding hydrogens is 170 g/mol. The standard InChI is InChI=1S/C8H15N3O2/c1-13-8(12)11(6-2-3-6)5-4-7(9)10/h6H,2-5H2,1H3,(H3,9,10). The molecule has 1 fully saturated rings. The average Bonchev–Trinajstić information content (AvgIpc) is 2.87. The Bertz CT molecular complexity index is 213. The number of nitrogens with zero attached hydrogens (tertiary/aromatic N) is 1. The molecule has 13 heavy (non-hydrogen) atoms. The lowest BCUT2D eigenvalue weighted by Gasteiger charge is -2.19. The van der Waals surface area contributed by atoms with Crippen molar-refractivity contribution in [1.82, 2.24) is 4.90 Å². The average molecular weight is 185 g/mol. The zero-order valence-electron chi connectivity index (χ0n) is 7.75. The second-order valence-corrected chi connectivity index (χ2v) is 3.17. The minimum Gasteiger partial charge on any atom is -0.453 e. The van der Waals surface area contributed by atoms with Gasteiger partial charge in [0.25, 0.3) is 0 Å². The third-order valence-corrected chi connectivity index (χ3v) is 2.02. The minimum atomic E-state index is -0.316. The second-order valence-electron chi connectivity index (χ2n) is 3.17. The molecule has 0 aromatic heterocycles. The number of hydrogen-bond donors (Lipinski definition) is 2. The molecule has 0 unspecified atom stereocenters. The number of amidine groups is 1. The smallest absolute Gasteiger partial charge is 0.409 e. The molecule has 0 saturated heterocycles. The molecule has 5 nitrogen and oxygen atoms in total. The summed E-state index contributed by atoms with van der Waals surface area (Å²) in [7, 11) is 1.37. The van der Waals surface area contributed by atoms with Crippen molar-refractivity contribution >= 4 is 11.9 Å². The number of hydrogen-bond acceptors (Lipinski definition) is 3. The summed E-state index contributed by atoms with van der Waals surface area (Å²) >= 11 is 0. The van der Waals surface area contributed by atoms with E-state index < -0.39 is 0 Å². The van der Waals surface area contributed by atoms with E-state index in [9.17, 15) is 4.79 Å². The number of carbonyl (C=O) groups is 1. The van der Waals surface area contributed by atoms with Crippen molar-refractivity contribution in [2.45, 2.75) is 25.3 Å². The summed E-state index contributed by atoms with van der Waals surface area (Å²) in [4.78, 5) is 12.8. The van der Waals surface area contributed by atoms with Gasteiger partial charge in [-0.1, -0.05) is 0 Å². The fraction of sp³-hybridized carbons (Fsp3) is 0.750. The molecule has 1 aliphatic carbocycles. The van der Waals surface area contributed by atoms with E-state index in [1.165, 1.54) is 7.11 Å². The van der Waals surface area contributed by atoms with Gasteiger partial charge in [-0.2, -0.15) is 0 Å². The van der Waals surface area contributed by atoms with Gasteiger partial charge in [0, 0.05) is 19.0 Å². The summed E-state index contributed by atoms with van der Waals surface area (Å²) in [6, 6.07) is 0.312. The Morgan fingerprint density at radius 2 is 2.31 bits per heavy atom. The molecule has 0 aromatic carbocycles. The van der Waals surface area contributed by atoms with Gasteiger partial charge in [-0.3, -0.25) is 5.41 Å². The van der Waals surface area contributed by atoms with Crippen LogP contribution >= 0.6 is 0 Å². The fourth-order valence-corrected chi connectivity index (χ4v) is 1.17. The maximum absolute atomic E-state index is 11.2. The number of nitrogens with two attached hydrogens (primary N) is 1. The molecule has 1 saturated carbocycles. The van der Waals surface area contributed by atoms with Gasteiger partial charge in [0.2, 0.25) is 0 Å². The molecular formula is C8H15N3O2. The topological polar surface area (TPSA) is 79.4 Å².